The molecule has 0 bridgehead atoms. The highest BCUT2D eigenvalue weighted by molar-refractivity contribution is 5.26. The molecule has 2 heteroatoms. The van der Waals surface area contributed by atoms with E-state index in [9.17, 15) is 0 Å². The molecule has 0 aromatic heterocycles. The molecule has 0 heterocycles. The summed E-state index contributed by atoms with van der Waals surface area (Å²) in [6, 6.07) is 0. The topological polar surface area (TPSA) is 46.2 Å². The van der Waals surface area contributed by atoms with Crippen LogP contribution in [0, 0.1) is 5.41 Å². The van der Waals surface area contributed by atoms with Gasteiger partial charge in [0.15, 0.2) is 0 Å². The van der Waals surface area contributed by atoms with Crippen LogP contribution in [0.1, 0.15) is 27.2 Å². The first kappa shape index (κ1) is 9.33. The van der Waals surface area contributed by atoms with Crippen molar-refractivity contribution in [3.63, 3.8) is 0 Å². The minimum Gasteiger partial charge on any atom is -0.508 e. The van der Waals surface area contributed by atoms with Crippen molar-refractivity contribution in [3.8, 4) is 0 Å². The van der Waals surface area contributed by atoms with E-state index in [4.69, 9.17) is 10.8 Å². The third-order valence-electron chi connectivity index (χ3n) is 2.60. The molecule has 0 amide bonds. The lowest BCUT2D eigenvalue weighted by atomic mass is 9.71. The molecule has 2 nitrogen and oxygen atoms in total. The quantitative estimate of drug-likeness (QED) is 0.580. The molecule has 0 radical (unpaired) electrons. The van der Waals surface area contributed by atoms with Gasteiger partial charge in [0, 0.05) is 5.54 Å². The molecule has 1 rings (SSSR count). The maximum atomic E-state index is 9.13. The summed E-state index contributed by atoms with van der Waals surface area (Å²) in [7, 11) is 0. The second-order valence-corrected chi connectivity index (χ2v) is 4.46. The Morgan fingerprint density at radius 1 is 1.50 bits per heavy atom. The van der Waals surface area contributed by atoms with Crippen LogP contribution in [-0.2, 0) is 0 Å². The fourth-order valence-electron chi connectivity index (χ4n) is 1.20. The predicted octanol–water partition coefficient (Wildman–Crippen LogP) is 2.13. The van der Waals surface area contributed by atoms with Crippen molar-refractivity contribution in [2.24, 2.45) is 11.1 Å². The molecule has 0 aromatic rings. The van der Waals surface area contributed by atoms with Crippen LogP contribution in [-0.4, -0.2) is 10.6 Å². The van der Waals surface area contributed by atoms with Gasteiger partial charge in [-0.05, 0) is 24.0 Å². The van der Waals surface area contributed by atoms with Crippen molar-refractivity contribution in [3.05, 3.63) is 24.0 Å². The number of hydrogen-bond acceptors (Lipinski definition) is 2. The van der Waals surface area contributed by atoms with Gasteiger partial charge in [0.2, 0.25) is 0 Å². The molecule has 0 fully saturated rings. The van der Waals surface area contributed by atoms with E-state index in [0.29, 0.717) is 12.2 Å². The lowest BCUT2D eigenvalue weighted by Gasteiger charge is -2.40. The van der Waals surface area contributed by atoms with E-state index >= 15 is 0 Å². The van der Waals surface area contributed by atoms with E-state index in [1.807, 2.05) is 6.08 Å². The Labute approximate surface area is 73.8 Å². The third-order valence-corrected chi connectivity index (χ3v) is 2.60. The summed E-state index contributed by atoms with van der Waals surface area (Å²) in [4.78, 5) is 0. The van der Waals surface area contributed by atoms with Crippen molar-refractivity contribution in [1.29, 1.82) is 0 Å². The van der Waals surface area contributed by atoms with E-state index in [0.717, 1.165) is 0 Å². The van der Waals surface area contributed by atoms with Gasteiger partial charge < -0.3 is 10.8 Å². The predicted molar refractivity (Wildman–Crippen MR) is 50.8 cm³/mol. The molecule has 1 aliphatic carbocycles. The number of nitrogens with two attached hydrogens (primary N) is 1. The van der Waals surface area contributed by atoms with E-state index < -0.39 is 0 Å². The van der Waals surface area contributed by atoms with Gasteiger partial charge >= 0.3 is 0 Å². The Hall–Kier alpha value is -0.760. The summed E-state index contributed by atoms with van der Waals surface area (Å²) >= 11 is 0. The number of hydrogen-bond donors (Lipinski definition) is 2. The molecular weight excluding hydrogens is 150 g/mol. The summed E-state index contributed by atoms with van der Waals surface area (Å²) in [6.07, 6.45) is 6.04. The van der Waals surface area contributed by atoms with E-state index in [-0.39, 0.29) is 11.0 Å². The number of aliphatic hydroxyl groups excluding tert-OH is 1. The van der Waals surface area contributed by atoms with Crippen molar-refractivity contribution < 1.29 is 5.11 Å². The van der Waals surface area contributed by atoms with Crippen molar-refractivity contribution in [1.82, 2.24) is 0 Å². The van der Waals surface area contributed by atoms with Crippen molar-refractivity contribution >= 4 is 0 Å². The first-order chi connectivity index (χ1) is 5.35. The van der Waals surface area contributed by atoms with Gasteiger partial charge in [-0.15, -0.1) is 0 Å². The van der Waals surface area contributed by atoms with Crippen LogP contribution in [0.5, 0.6) is 0 Å². The molecule has 12 heavy (non-hydrogen) atoms. The van der Waals surface area contributed by atoms with Crippen molar-refractivity contribution in [2.45, 2.75) is 32.7 Å². The Bertz CT molecular complexity index is 235. The maximum Gasteiger partial charge on any atom is 0.111 e. The van der Waals surface area contributed by atoms with Crippen LogP contribution in [0.25, 0.3) is 0 Å². The summed E-state index contributed by atoms with van der Waals surface area (Å²) in [5.41, 5.74) is 5.86. The standard InChI is InChI=1S/C10H17NO/c1-9(2,3)10(11)6-4-8(12)5-7-10/h4-6,12H,7,11H2,1-3H3. The van der Waals surface area contributed by atoms with E-state index in [1.54, 1.807) is 12.2 Å². The Balaban J connectivity index is 2.86. The van der Waals surface area contributed by atoms with Crippen LogP contribution in [0.3, 0.4) is 0 Å². The van der Waals surface area contributed by atoms with Gasteiger partial charge in [-0.25, -0.2) is 0 Å². The van der Waals surface area contributed by atoms with Gasteiger partial charge in [-0.1, -0.05) is 26.8 Å². The van der Waals surface area contributed by atoms with Gasteiger partial charge in [0.25, 0.3) is 0 Å². The van der Waals surface area contributed by atoms with Crippen LogP contribution < -0.4 is 5.73 Å². The molecule has 1 unspecified atom stereocenters. The zero-order valence-corrected chi connectivity index (χ0v) is 7.96. The molecule has 0 spiro atoms. The smallest absolute Gasteiger partial charge is 0.111 e. The Morgan fingerprint density at radius 2 is 2.08 bits per heavy atom. The third kappa shape index (κ3) is 1.53. The highest BCUT2D eigenvalue weighted by Crippen LogP contribution is 2.34. The van der Waals surface area contributed by atoms with Crippen LogP contribution in [0.15, 0.2) is 24.0 Å². The first-order valence-electron chi connectivity index (χ1n) is 4.22. The van der Waals surface area contributed by atoms with Crippen molar-refractivity contribution in [2.75, 3.05) is 0 Å². The normalized spacial score (nSPS) is 30.2. The molecule has 0 aromatic carbocycles. The molecule has 3 N–H and O–H groups in total. The van der Waals surface area contributed by atoms with E-state index in [1.165, 1.54) is 0 Å². The SMILES string of the molecule is CC(C)(C)C1(N)C=CC(O)=CC1. The molecule has 1 aliphatic rings. The zero-order chi connectivity index (χ0) is 9.41. The molecule has 0 saturated carbocycles. The minimum absolute atomic E-state index is 0.0285. The summed E-state index contributed by atoms with van der Waals surface area (Å²) < 4.78 is 0. The van der Waals surface area contributed by atoms with E-state index in [2.05, 4.69) is 20.8 Å². The lowest BCUT2D eigenvalue weighted by molar-refractivity contribution is 0.237. The van der Waals surface area contributed by atoms with Gasteiger partial charge in [-0.2, -0.15) is 0 Å². The number of aliphatic hydroxyl groups is 1. The second kappa shape index (κ2) is 2.63. The summed E-state index contributed by atoms with van der Waals surface area (Å²) in [6.45, 7) is 6.31. The lowest BCUT2D eigenvalue weighted by Crippen LogP contribution is -2.50. The fraction of sp³-hybridized carbons (Fsp3) is 0.600. The minimum atomic E-state index is -0.320. The molecule has 1 atom stereocenters. The maximum absolute atomic E-state index is 9.13. The Kier molecular flexibility index (Phi) is 2.04. The number of allylic oxidation sites excluding steroid dienone is 1. The fourth-order valence-corrected chi connectivity index (χ4v) is 1.20. The highest BCUT2D eigenvalue weighted by Gasteiger charge is 2.36. The summed E-state index contributed by atoms with van der Waals surface area (Å²) in [5.74, 6) is 0.320. The average molecular weight is 167 g/mol. The van der Waals surface area contributed by atoms with Gasteiger partial charge in [0.1, 0.15) is 5.76 Å². The largest absolute Gasteiger partial charge is 0.508 e. The highest BCUT2D eigenvalue weighted by atomic mass is 16.3. The van der Waals surface area contributed by atoms with Gasteiger partial charge in [0.05, 0.1) is 0 Å². The monoisotopic (exact) mass is 167 g/mol. The number of rotatable bonds is 0. The van der Waals surface area contributed by atoms with Crippen LogP contribution in [0.4, 0.5) is 0 Å². The Morgan fingerprint density at radius 3 is 2.42 bits per heavy atom. The first-order valence-corrected chi connectivity index (χ1v) is 4.22. The summed E-state index contributed by atoms with van der Waals surface area (Å²) in [5, 5.41) is 9.13. The zero-order valence-electron chi connectivity index (χ0n) is 7.96. The second-order valence-electron chi connectivity index (χ2n) is 4.46. The van der Waals surface area contributed by atoms with Gasteiger partial charge in [-0.3, -0.25) is 0 Å². The molecule has 68 valence electrons. The van der Waals surface area contributed by atoms with Crippen LogP contribution in [0.2, 0.25) is 0 Å². The average Bonchev–Trinajstić information content (AvgIpc) is 1.93. The van der Waals surface area contributed by atoms with Crippen LogP contribution >= 0.6 is 0 Å². The molecule has 0 aliphatic heterocycles. The molecule has 0 saturated heterocycles. The molecular formula is C10H17NO.